The number of nitrogens with zero attached hydrogens (tertiary/aromatic N) is 1. The summed E-state index contributed by atoms with van der Waals surface area (Å²) in [5, 5.41) is 14.1. The molecule has 75 heavy (non-hydrogen) atoms. The van der Waals surface area contributed by atoms with Gasteiger partial charge in [0, 0.05) is 6.42 Å². The third-order valence-electron chi connectivity index (χ3n) is 16.1. The average molecular weight is 1080 g/mol. The summed E-state index contributed by atoms with van der Waals surface area (Å²) in [4.78, 5) is 23.4. The van der Waals surface area contributed by atoms with Crippen molar-refractivity contribution in [2.45, 2.75) is 379 Å². The molecule has 0 aromatic carbocycles. The Kier molecular flexibility index (Phi) is 57.8. The number of phosphoric acid groups is 1. The van der Waals surface area contributed by atoms with Gasteiger partial charge < -0.3 is 19.8 Å². The third kappa shape index (κ3) is 61.0. The van der Waals surface area contributed by atoms with Crippen LogP contribution in [-0.2, 0) is 18.4 Å². The molecular weight excluding hydrogens is 948 g/mol. The van der Waals surface area contributed by atoms with Crippen LogP contribution >= 0.6 is 7.82 Å². The van der Waals surface area contributed by atoms with E-state index in [4.69, 9.17) is 9.05 Å². The highest BCUT2D eigenvalue weighted by Crippen LogP contribution is 2.43. The Morgan fingerprint density at radius 1 is 0.400 bits per heavy atom. The molecule has 1 amide bonds. The number of hydrogen-bond donors (Lipinski definition) is 3. The maximum absolute atomic E-state index is 13.0. The molecule has 0 fully saturated rings. The lowest BCUT2D eigenvalue weighted by atomic mass is 10.0. The van der Waals surface area contributed by atoms with E-state index in [-0.39, 0.29) is 19.1 Å². The topological polar surface area (TPSA) is 105 Å². The number of aliphatic hydroxyl groups is 1. The van der Waals surface area contributed by atoms with Crippen LogP contribution in [0.4, 0.5) is 0 Å². The van der Waals surface area contributed by atoms with Gasteiger partial charge in [-0.3, -0.25) is 13.8 Å². The smallest absolute Gasteiger partial charge is 0.391 e. The van der Waals surface area contributed by atoms with Gasteiger partial charge in [0.25, 0.3) is 0 Å². The second kappa shape index (κ2) is 58.2. The Labute approximate surface area is 470 Å². The number of hydrogen-bond acceptors (Lipinski definition) is 5. The summed E-state index contributed by atoms with van der Waals surface area (Å²) in [6.07, 6.45) is 72.0. The molecule has 0 aliphatic rings. The molecule has 0 aromatic heterocycles. The van der Waals surface area contributed by atoms with Crippen LogP contribution in [0.1, 0.15) is 367 Å². The highest BCUT2D eigenvalue weighted by molar-refractivity contribution is 7.47. The zero-order chi connectivity index (χ0) is 54.9. The number of rotatable bonds is 64. The molecule has 450 valence electrons. The largest absolute Gasteiger partial charge is 0.472 e. The van der Waals surface area contributed by atoms with Gasteiger partial charge in [-0.15, -0.1) is 0 Å². The minimum Gasteiger partial charge on any atom is -0.391 e. The molecule has 9 heteroatoms. The number of carbonyl (C=O) groups is 1. The van der Waals surface area contributed by atoms with Crippen molar-refractivity contribution in [3.63, 3.8) is 0 Å². The first-order valence-electron chi connectivity index (χ1n) is 33.9. The van der Waals surface area contributed by atoms with E-state index in [0.717, 1.165) is 38.5 Å². The van der Waals surface area contributed by atoms with Crippen LogP contribution in [0.3, 0.4) is 0 Å². The summed E-state index contributed by atoms with van der Waals surface area (Å²) in [5.74, 6) is -0.134. The van der Waals surface area contributed by atoms with Crippen LogP contribution < -0.4 is 5.32 Å². The second-order valence-corrected chi connectivity index (χ2v) is 26.4. The average Bonchev–Trinajstić information content (AvgIpc) is 3.37. The molecule has 0 spiro atoms. The summed E-state index contributed by atoms with van der Waals surface area (Å²) < 4.78 is 23.9. The van der Waals surface area contributed by atoms with E-state index in [1.807, 2.05) is 21.1 Å². The fourth-order valence-electron chi connectivity index (χ4n) is 10.8. The van der Waals surface area contributed by atoms with Crippen LogP contribution in [0.15, 0.2) is 0 Å². The number of quaternary nitrogens is 1. The number of aliphatic hydroxyl groups excluding tert-OH is 1. The van der Waals surface area contributed by atoms with Crippen molar-refractivity contribution < 1.29 is 32.9 Å². The first-order chi connectivity index (χ1) is 36.5. The number of carbonyl (C=O) groups excluding carboxylic acids is 1. The van der Waals surface area contributed by atoms with Crippen LogP contribution in [0.2, 0.25) is 0 Å². The molecule has 0 saturated heterocycles. The summed E-state index contributed by atoms with van der Waals surface area (Å²) in [6.45, 7) is 4.96. The summed E-state index contributed by atoms with van der Waals surface area (Å²) in [6, 6.07) is -0.756. The molecule has 0 aliphatic heterocycles. The van der Waals surface area contributed by atoms with Gasteiger partial charge in [0.05, 0.1) is 39.9 Å². The molecule has 8 nitrogen and oxygen atoms in total. The Morgan fingerprint density at radius 2 is 0.640 bits per heavy atom. The van der Waals surface area contributed by atoms with Gasteiger partial charge in [-0.05, 0) is 12.8 Å². The fraction of sp³-hybridized carbons (Fsp3) is 0.985. The molecule has 0 aromatic rings. The van der Waals surface area contributed by atoms with Crippen molar-refractivity contribution in [2.75, 3.05) is 40.9 Å². The number of nitrogens with one attached hydrogen (secondary N) is 1. The first kappa shape index (κ1) is 74.5. The molecule has 0 radical (unpaired) electrons. The van der Waals surface area contributed by atoms with E-state index >= 15 is 0 Å². The number of phosphoric ester groups is 1. The van der Waals surface area contributed by atoms with Crippen LogP contribution in [0.25, 0.3) is 0 Å². The third-order valence-corrected chi connectivity index (χ3v) is 17.1. The Bertz CT molecular complexity index is 1180. The summed E-state index contributed by atoms with van der Waals surface area (Å²) in [7, 11) is 1.64. The van der Waals surface area contributed by atoms with E-state index in [0.29, 0.717) is 23.9 Å². The lowest BCUT2D eigenvalue weighted by Crippen LogP contribution is -2.46. The van der Waals surface area contributed by atoms with Crippen LogP contribution in [0, 0.1) is 0 Å². The van der Waals surface area contributed by atoms with Gasteiger partial charge in [0.2, 0.25) is 5.91 Å². The van der Waals surface area contributed by atoms with Crippen molar-refractivity contribution in [3.8, 4) is 0 Å². The Hall–Kier alpha value is -0.500. The van der Waals surface area contributed by atoms with Crippen molar-refractivity contribution >= 4 is 13.7 Å². The quantitative estimate of drug-likeness (QED) is 0.0318. The minimum absolute atomic E-state index is 0.0794. The van der Waals surface area contributed by atoms with Gasteiger partial charge in [0.1, 0.15) is 13.2 Å². The molecule has 0 heterocycles. The first-order valence-corrected chi connectivity index (χ1v) is 35.4. The van der Waals surface area contributed by atoms with E-state index in [2.05, 4.69) is 19.2 Å². The van der Waals surface area contributed by atoms with Gasteiger partial charge in [-0.1, -0.05) is 348 Å². The SMILES string of the molecule is CCCCCCCCCCCCCCCCCCCCCCCCCCCCCCCCCCCC(O)C(COP(=O)(O)OCC[N+](C)(C)C)NC(=O)CCCCCCCCCCCCCCCCCCCCCC. The predicted octanol–water partition coefficient (Wildman–Crippen LogP) is 21.2. The highest BCUT2D eigenvalue weighted by Gasteiger charge is 2.28. The fourth-order valence-corrected chi connectivity index (χ4v) is 11.6. The normalized spacial score (nSPS) is 13.6. The van der Waals surface area contributed by atoms with E-state index < -0.39 is 20.0 Å². The predicted molar refractivity (Wildman–Crippen MR) is 328 cm³/mol. The number of amides is 1. The Morgan fingerprint density at radius 3 is 0.893 bits per heavy atom. The maximum Gasteiger partial charge on any atom is 0.472 e. The molecule has 3 unspecified atom stereocenters. The minimum atomic E-state index is -4.32. The highest BCUT2D eigenvalue weighted by atomic mass is 31.2. The molecule has 3 N–H and O–H groups in total. The molecule has 3 atom stereocenters. The van der Waals surface area contributed by atoms with E-state index in [1.165, 1.54) is 302 Å². The molecule has 0 aliphatic carbocycles. The molecule has 0 bridgehead atoms. The maximum atomic E-state index is 13.0. The molecular formula is C66H136N2O6P+. The van der Waals surface area contributed by atoms with E-state index in [1.54, 1.807) is 0 Å². The monoisotopic (exact) mass is 1080 g/mol. The van der Waals surface area contributed by atoms with Crippen molar-refractivity contribution in [2.24, 2.45) is 0 Å². The van der Waals surface area contributed by atoms with Crippen molar-refractivity contribution in [1.29, 1.82) is 0 Å². The number of unbranched alkanes of at least 4 members (excludes halogenated alkanes) is 51. The van der Waals surface area contributed by atoms with Crippen molar-refractivity contribution in [3.05, 3.63) is 0 Å². The zero-order valence-corrected chi connectivity index (χ0v) is 52.5. The van der Waals surface area contributed by atoms with Gasteiger partial charge in [-0.25, -0.2) is 4.57 Å². The molecule has 0 saturated carbocycles. The second-order valence-electron chi connectivity index (χ2n) is 24.9. The molecule has 0 rings (SSSR count). The summed E-state index contributed by atoms with van der Waals surface area (Å²) >= 11 is 0. The lowest BCUT2D eigenvalue weighted by molar-refractivity contribution is -0.870. The van der Waals surface area contributed by atoms with Gasteiger partial charge >= 0.3 is 7.82 Å². The van der Waals surface area contributed by atoms with Crippen LogP contribution in [0.5, 0.6) is 0 Å². The van der Waals surface area contributed by atoms with Crippen LogP contribution in [-0.4, -0.2) is 73.4 Å². The van der Waals surface area contributed by atoms with Gasteiger partial charge in [-0.2, -0.15) is 0 Å². The lowest BCUT2D eigenvalue weighted by Gasteiger charge is -2.26. The summed E-state index contributed by atoms with van der Waals surface area (Å²) in [5.41, 5.74) is 0. The van der Waals surface area contributed by atoms with E-state index in [9.17, 15) is 19.4 Å². The zero-order valence-electron chi connectivity index (χ0n) is 51.6. The Balaban J connectivity index is 3.96. The van der Waals surface area contributed by atoms with Gasteiger partial charge in [0.15, 0.2) is 0 Å². The van der Waals surface area contributed by atoms with Crippen molar-refractivity contribution in [1.82, 2.24) is 5.32 Å². The number of likely N-dealkylation sites (N-methyl/N-ethyl adjacent to an activating group) is 1. The standard InChI is InChI=1S/C66H135N2O6P/c1-6-8-10-12-14-16-18-20-22-24-26-28-29-30-31-32-33-34-35-36-37-38-39-40-41-43-45-47-49-51-53-55-57-59-65(69)64(63-74-75(71,72)73-62-61-68(3,4)5)67-66(70)60-58-56-54-52-50-48-46-44-42-27-25-23-21-19-17-15-13-11-9-7-2/h64-65,69H,6-63H2,1-5H3,(H-,67,70,71,72)/p+1.